The van der Waals surface area contributed by atoms with Gasteiger partial charge in [0.15, 0.2) is 0 Å². The van der Waals surface area contributed by atoms with Gasteiger partial charge in [0.2, 0.25) is 0 Å². The Morgan fingerprint density at radius 1 is 1.12 bits per heavy atom. The molecule has 1 N–H and O–H groups in total. The summed E-state index contributed by atoms with van der Waals surface area (Å²) in [6, 6.07) is 15.0. The maximum Gasteiger partial charge on any atom is 0.103 e. The molecule has 1 heterocycles. The number of furan rings is 1. The Labute approximate surface area is 103 Å². The number of rotatable bonds is 6. The van der Waals surface area contributed by atoms with Gasteiger partial charge in [0.25, 0.3) is 0 Å². The van der Waals surface area contributed by atoms with E-state index in [0.29, 0.717) is 6.04 Å². The SMILES string of the molecule is CC(CCc1ccco1)NCc1ccccc1. The molecule has 0 bridgehead atoms. The molecule has 0 saturated carbocycles. The van der Waals surface area contributed by atoms with Crippen LogP contribution in [0.3, 0.4) is 0 Å². The monoisotopic (exact) mass is 229 g/mol. The molecule has 1 unspecified atom stereocenters. The van der Waals surface area contributed by atoms with Crippen molar-refractivity contribution in [2.75, 3.05) is 0 Å². The molecule has 0 amide bonds. The van der Waals surface area contributed by atoms with E-state index < -0.39 is 0 Å². The lowest BCUT2D eigenvalue weighted by atomic mass is 10.1. The Morgan fingerprint density at radius 2 is 1.94 bits per heavy atom. The molecule has 0 radical (unpaired) electrons. The summed E-state index contributed by atoms with van der Waals surface area (Å²) in [7, 11) is 0. The van der Waals surface area contributed by atoms with Crippen LogP contribution in [0.5, 0.6) is 0 Å². The molecule has 0 spiro atoms. The molecular formula is C15H19NO. The second-order valence-corrected chi connectivity index (χ2v) is 4.39. The summed E-state index contributed by atoms with van der Waals surface area (Å²) in [5.41, 5.74) is 1.33. The van der Waals surface area contributed by atoms with Gasteiger partial charge in [-0.3, -0.25) is 0 Å². The van der Waals surface area contributed by atoms with Crippen LogP contribution in [0, 0.1) is 0 Å². The maximum absolute atomic E-state index is 5.32. The van der Waals surface area contributed by atoms with Crippen molar-refractivity contribution < 1.29 is 4.42 Å². The van der Waals surface area contributed by atoms with Gasteiger partial charge in [-0.25, -0.2) is 0 Å². The Balaban J connectivity index is 1.69. The zero-order chi connectivity index (χ0) is 11.9. The van der Waals surface area contributed by atoms with Crippen LogP contribution in [-0.2, 0) is 13.0 Å². The molecule has 2 aromatic rings. The van der Waals surface area contributed by atoms with Crippen LogP contribution in [0.1, 0.15) is 24.7 Å². The van der Waals surface area contributed by atoms with Crippen LogP contribution in [0.2, 0.25) is 0 Å². The number of aryl methyl sites for hydroxylation is 1. The lowest BCUT2D eigenvalue weighted by Gasteiger charge is -2.12. The maximum atomic E-state index is 5.32. The molecule has 0 aliphatic carbocycles. The average Bonchev–Trinajstić information content (AvgIpc) is 2.88. The van der Waals surface area contributed by atoms with Crippen LogP contribution in [0.4, 0.5) is 0 Å². The van der Waals surface area contributed by atoms with Crippen LogP contribution >= 0.6 is 0 Å². The van der Waals surface area contributed by atoms with Crippen molar-refractivity contribution in [3.8, 4) is 0 Å². The van der Waals surface area contributed by atoms with Crippen molar-refractivity contribution in [3.63, 3.8) is 0 Å². The molecule has 0 aliphatic rings. The molecular weight excluding hydrogens is 210 g/mol. The first-order valence-corrected chi connectivity index (χ1v) is 6.14. The minimum absolute atomic E-state index is 0.500. The van der Waals surface area contributed by atoms with E-state index in [1.165, 1.54) is 5.56 Å². The van der Waals surface area contributed by atoms with Crippen molar-refractivity contribution in [1.29, 1.82) is 0 Å². The van der Waals surface area contributed by atoms with Gasteiger partial charge in [-0.2, -0.15) is 0 Å². The van der Waals surface area contributed by atoms with Crippen molar-refractivity contribution in [2.24, 2.45) is 0 Å². The zero-order valence-electron chi connectivity index (χ0n) is 10.2. The highest BCUT2D eigenvalue weighted by Crippen LogP contribution is 2.06. The molecule has 1 atom stereocenters. The van der Waals surface area contributed by atoms with E-state index in [0.717, 1.165) is 25.1 Å². The van der Waals surface area contributed by atoms with E-state index in [1.54, 1.807) is 6.26 Å². The van der Waals surface area contributed by atoms with Gasteiger partial charge in [-0.1, -0.05) is 30.3 Å². The number of nitrogens with one attached hydrogen (secondary N) is 1. The summed E-state index contributed by atoms with van der Waals surface area (Å²) in [4.78, 5) is 0. The molecule has 90 valence electrons. The van der Waals surface area contributed by atoms with Crippen LogP contribution in [-0.4, -0.2) is 6.04 Å². The van der Waals surface area contributed by atoms with E-state index in [-0.39, 0.29) is 0 Å². The zero-order valence-corrected chi connectivity index (χ0v) is 10.2. The fourth-order valence-corrected chi connectivity index (χ4v) is 1.80. The molecule has 2 rings (SSSR count). The molecule has 0 fully saturated rings. The second kappa shape index (κ2) is 6.26. The first-order chi connectivity index (χ1) is 8.34. The van der Waals surface area contributed by atoms with E-state index in [9.17, 15) is 0 Å². The summed E-state index contributed by atoms with van der Waals surface area (Å²) in [6.45, 7) is 3.14. The quantitative estimate of drug-likeness (QED) is 0.821. The number of hydrogen-bond acceptors (Lipinski definition) is 2. The summed E-state index contributed by atoms with van der Waals surface area (Å²) >= 11 is 0. The Bertz CT molecular complexity index is 408. The lowest BCUT2D eigenvalue weighted by molar-refractivity contribution is 0.460. The van der Waals surface area contributed by atoms with E-state index in [4.69, 9.17) is 4.42 Å². The second-order valence-electron chi connectivity index (χ2n) is 4.39. The van der Waals surface area contributed by atoms with Gasteiger partial charge in [0.1, 0.15) is 5.76 Å². The summed E-state index contributed by atoms with van der Waals surface area (Å²) in [5, 5.41) is 3.52. The number of benzene rings is 1. The third kappa shape index (κ3) is 4.08. The Morgan fingerprint density at radius 3 is 2.65 bits per heavy atom. The van der Waals surface area contributed by atoms with Crippen LogP contribution < -0.4 is 5.32 Å². The highest BCUT2D eigenvalue weighted by atomic mass is 16.3. The fourth-order valence-electron chi connectivity index (χ4n) is 1.80. The minimum Gasteiger partial charge on any atom is -0.469 e. The fraction of sp³-hybridized carbons (Fsp3) is 0.333. The largest absolute Gasteiger partial charge is 0.469 e. The molecule has 0 saturated heterocycles. The van der Waals surface area contributed by atoms with E-state index in [1.807, 2.05) is 18.2 Å². The molecule has 0 aliphatic heterocycles. The minimum atomic E-state index is 0.500. The van der Waals surface area contributed by atoms with E-state index >= 15 is 0 Å². The highest BCUT2D eigenvalue weighted by molar-refractivity contribution is 5.14. The van der Waals surface area contributed by atoms with E-state index in [2.05, 4.69) is 36.5 Å². The third-order valence-corrected chi connectivity index (χ3v) is 2.90. The lowest BCUT2D eigenvalue weighted by Crippen LogP contribution is -2.25. The van der Waals surface area contributed by atoms with Gasteiger partial charge in [-0.05, 0) is 31.0 Å². The standard InChI is InChI=1S/C15H19NO/c1-13(9-10-15-8-5-11-17-15)16-12-14-6-3-2-4-7-14/h2-8,11,13,16H,9-10,12H2,1H3. The molecule has 2 heteroatoms. The summed E-state index contributed by atoms with van der Waals surface area (Å²) in [5.74, 6) is 1.07. The third-order valence-electron chi connectivity index (χ3n) is 2.90. The average molecular weight is 229 g/mol. The highest BCUT2D eigenvalue weighted by Gasteiger charge is 2.03. The number of hydrogen-bond donors (Lipinski definition) is 1. The predicted molar refractivity (Wildman–Crippen MR) is 69.8 cm³/mol. The first kappa shape index (κ1) is 11.9. The summed E-state index contributed by atoms with van der Waals surface area (Å²) < 4.78 is 5.32. The molecule has 1 aromatic heterocycles. The van der Waals surface area contributed by atoms with Gasteiger partial charge >= 0.3 is 0 Å². The molecule has 1 aromatic carbocycles. The Kier molecular flexibility index (Phi) is 4.39. The predicted octanol–water partition coefficient (Wildman–Crippen LogP) is 3.39. The van der Waals surface area contributed by atoms with Crippen LogP contribution in [0.25, 0.3) is 0 Å². The van der Waals surface area contributed by atoms with Gasteiger partial charge in [0.05, 0.1) is 6.26 Å². The van der Waals surface area contributed by atoms with Crippen molar-refractivity contribution in [3.05, 3.63) is 60.1 Å². The van der Waals surface area contributed by atoms with Crippen LogP contribution in [0.15, 0.2) is 53.1 Å². The normalized spacial score (nSPS) is 12.5. The van der Waals surface area contributed by atoms with Crippen molar-refractivity contribution in [1.82, 2.24) is 5.32 Å². The Hall–Kier alpha value is -1.54. The van der Waals surface area contributed by atoms with Gasteiger partial charge in [0, 0.05) is 19.0 Å². The molecule has 17 heavy (non-hydrogen) atoms. The molecule has 2 nitrogen and oxygen atoms in total. The van der Waals surface area contributed by atoms with Gasteiger partial charge < -0.3 is 9.73 Å². The van der Waals surface area contributed by atoms with Gasteiger partial charge in [-0.15, -0.1) is 0 Å². The topological polar surface area (TPSA) is 25.2 Å². The van der Waals surface area contributed by atoms with Crippen molar-refractivity contribution >= 4 is 0 Å². The first-order valence-electron chi connectivity index (χ1n) is 6.14. The smallest absolute Gasteiger partial charge is 0.103 e. The summed E-state index contributed by atoms with van der Waals surface area (Å²) in [6.07, 6.45) is 3.83. The van der Waals surface area contributed by atoms with Crippen molar-refractivity contribution in [2.45, 2.75) is 32.4 Å².